The summed E-state index contributed by atoms with van der Waals surface area (Å²) in [7, 11) is 0. The highest BCUT2D eigenvalue weighted by atomic mass is 16.4. The molecule has 3 aliphatic carbocycles. The molecule has 0 aliphatic heterocycles. The summed E-state index contributed by atoms with van der Waals surface area (Å²) in [5, 5.41) is 12.3. The smallest absolute Gasteiger partial charge is 0.326 e. The Morgan fingerprint density at radius 3 is 2.30 bits per heavy atom. The molecule has 4 atom stereocenters. The van der Waals surface area contributed by atoms with E-state index in [0.29, 0.717) is 11.8 Å². The van der Waals surface area contributed by atoms with Gasteiger partial charge in [0.1, 0.15) is 6.04 Å². The largest absolute Gasteiger partial charge is 0.480 e. The lowest BCUT2D eigenvalue weighted by molar-refractivity contribution is -0.144. The molecule has 0 aromatic rings. The second-order valence-electron chi connectivity index (χ2n) is 7.00. The molecule has 3 rings (SSSR count). The number of aliphatic carboxylic acids is 1. The molecule has 4 nitrogen and oxygen atoms in total. The van der Waals surface area contributed by atoms with Crippen molar-refractivity contribution in [2.24, 2.45) is 23.7 Å². The molecule has 2 bridgehead atoms. The summed E-state index contributed by atoms with van der Waals surface area (Å²) >= 11 is 0. The van der Waals surface area contributed by atoms with Crippen LogP contribution in [0.5, 0.6) is 0 Å². The van der Waals surface area contributed by atoms with Crippen LogP contribution in [0.2, 0.25) is 0 Å². The fraction of sp³-hybridized carbons (Fsp3) is 0.875. The number of rotatable bonds is 4. The van der Waals surface area contributed by atoms with Crippen LogP contribution >= 0.6 is 0 Å². The Balaban J connectivity index is 1.61. The van der Waals surface area contributed by atoms with Crippen molar-refractivity contribution < 1.29 is 14.7 Å². The van der Waals surface area contributed by atoms with Gasteiger partial charge in [-0.1, -0.05) is 25.7 Å². The maximum atomic E-state index is 12.4. The zero-order valence-electron chi connectivity index (χ0n) is 12.0. The number of hydrogen-bond acceptors (Lipinski definition) is 2. The van der Waals surface area contributed by atoms with Gasteiger partial charge in [0.2, 0.25) is 5.91 Å². The van der Waals surface area contributed by atoms with Crippen molar-refractivity contribution in [3.8, 4) is 0 Å². The van der Waals surface area contributed by atoms with E-state index in [2.05, 4.69) is 5.32 Å². The van der Waals surface area contributed by atoms with E-state index < -0.39 is 12.0 Å². The van der Waals surface area contributed by atoms with Gasteiger partial charge in [-0.3, -0.25) is 4.79 Å². The quantitative estimate of drug-likeness (QED) is 0.831. The Morgan fingerprint density at radius 1 is 1.00 bits per heavy atom. The fourth-order valence-corrected chi connectivity index (χ4v) is 4.67. The average Bonchev–Trinajstić information content (AvgIpc) is 3.07. The van der Waals surface area contributed by atoms with Crippen LogP contribution in [-0.2, 0) is 9.59 Å². The first kappa shape index (κ1) is 13.9. The number of carboxylic acid groups (broad SMARTS) is 1. The Bertz CT molecular complexity index is 389. The summed E-state index contributed by atoms with van der Waals surface area (Å²) < 4.78 is 0. The van der Waals surface area contributed by atoms with Gasteiger partial charge in [0.05, 0.1) is 0 Å². The molecule has 3 saturated carbocycles. The van der Waals surface area contributed by atoms with Gasteiger partial charge in [-0.15, -0.1) is 0 Å². The molecule has 112 valence electrons. The lowest BCUT2D eigenvalue weighted by atomic mass is 9.83. The number of fused-ring (bicyclic) bond motifs is 2. The fourth-order valence-electron chi connectivity index (χ4n) is 4.67. The monoisotopic (exact) mass is 279 g/mol. The van der Waals surface area contributed by atoms with Crippen LogP contribution in [0, 0.1) is 23.7 Å². The first-order valence-corrected chi connectivity index (χ1v) is 8.18. The lowest BCUT2D eigenvalue weighted by Crippen LogP contribution is -2.49. The van der Waals surface area contributed by atoms with E-state index in [1.165, 1.54) is 19.3 Å². The molecule has 0 radical (unpaired) electrons. The second-order valence-corrected chi connectivity index (χ2v) is 7.00. The van der Waals surface area contributed by atoms with E-state index in [4.69, 9.17) is 0 Å². The Kier molecular flexibility index (Phi) is 3.99. The normalized spacial score (nSPS) is 34.9. The molecule has 4 unspecified atom stereocenters. The third-order valence-electron chi connectivity index (χ3n) is 5.76. The van der Waals surface area contributed by atoms with Crippen LogP contribution in [0.15, 0.2) is 0 Å². The Morgan fingerprint density at radius 2 is 1.75 bits per heavy atom. The van der Waals surface area contributed by atoms with Gasteiger partial charge in [0.15, 0.2) is 0 Å². The van der Waals surface area contributed by atoms with Gasteiger partial charge in [-0.05, 0) is 49.9 Å². The second kappa shape index (κ2) is 5.74. The third kappa shape index (κ3) is 2.70. The number of carbonyl (C=O) groups is 2. The molecule has 4 heteroatoms. The van der Waals surface area contributed by atoms with Gasteiger partial charge in [-0.25, -0.2) is 4.79 Å². The Labute approximate surface area is 120 Å². The average molecular weight is 279 g/mol. The van der Waals surface area contributed by atoms with E-state index in [1.54, 1.807) is 0 Å². The topological polar surface area (TPSA) is 66.4 Å². The molecule has 0 aromatic carbocycles. The summed E-state index contributed by atoms with van der Waals surface area (Å²) in [6.07, 6.45) is 9.85. The lowest BCUT2D eigenvalue weighted by Gasteiger charge is -2.30. The van der Waals surface area contributed by atoms with Crippen molar-refractivity contribution in [3.63, 3.8) is 0 Å². The molecule has 0 aromatic heterocycles. The van der Waals surface area contributed by atoms with Crippen molar-refractivity contribution in [3.05, 3.63) is 0 Å². The number of carbonyl (C=O) groups excluding carboxylic acids is 1. The van der Waals surface area contributed by atoms with E-state index in [0.717, 1.165) is 38.5 Å². The van der Waals surface area contributed by atoms with E-state index in [9.17, 15) is 14.7 Å². The molecule has 3 aliphatic rings. The van der Waals surface area contributed by atoms with E-state index in [-0.39, 0.29) is 17.7 Å². The van der Waals surface area contributed by atoms with Gasteiger partial charge in [0, 0.05) is 5.92 Å². The minimum Gasteiger partial charge on any atom is -0.480 e. The van der Waals surface area contributed by atoms with Crippen molar-refractivity contribution in [1.82, 2.24) is 5.32 Å². The van der Waals surface area contributed by atoms with Crippen molar-refractivity contribution in [1.29, 1.82) is 0 Å². The van der Waals surface area contributed by atoms with Crippen LogP contribution in [0.25, 0.3) is 0 Å². The zero-order valence-corrected chi connectivity index (χ0v) is 12.0. The Hall–Kier alpha value is -1.06. The van der Waals surface area contributed by atoms with Crippen molar-refractivity contribution >= 4 is 11.9 Å². The zero-order chi connectivity index (χ0) is 14.1. The predicted octanol–water partition coefficient (Wildman–Crippen LogP) is 2.57. The maximum Gasteiger partial charge on any atom is 0.326 e. The molecule has 0 heterocycles. The summed E-state index contributed by atoms with van der Waals surface area (Å²) in [4.78, 5) is 23.9. The molecule has 20 heavy (non-hydrogen) atoms. The first-order valence-electron chi connectivity index (χ1n) is 8.18. The minimum absolute atomic E-state index is 0.00942. The summed E-state index contributed by atoms with van der Waals surface area (Å²) in [6.45, 7) is 0. The van der Waals surface area contributed by atoms with Gasteiger partial charge in [-0.2, -0.15) is 0 Å². The summed E-state index contributed by atoms with van der Waals surface area (Å²) in [5.41, 5.74) is 0. The molecule has 1 amide bonds. The van der Waals surface area contributed by atoms with E-state index >= 15 is 0 Å². The SMILES string of the molecule is O=C(NC(C(=O)O)C1CCCCC1)C1CC2CCC1C2. The molecule has 2 N–H and O–H groups in total. The summed E-state index contributed by atoms with van der Waals surface area (Å²) in [5.74, 6) is 0.598. The highest BCUT2D eigenvalue weighted by Gasteiger charge is 2.44. The number of amides is 1. The van der Waals surface area contributed by atoms with Gasteiger partial charge in [0.25, 0.3) is 0 Å². The highest BCUT2D eigenvalue weighted by Crippen LogP contribution is 2.48. The molecular formula is C16H25NO3. The first-order chi connectivity index (χ1) is 9.65. The number of nitrogens with one attached hydrogen (secondary N) is 1. The molecule has 0 saturated heterocycles. The van der Waals surface area contributed by atoms with Gasteiger partial charge >= 0.3 is 5.97 Å². The van der Waals surface area contributed by atoms with Crippen LogP contribution in [-0.4, -0.2) is 23.0 Å². The van der Waals surface area contributed by atoms with Crippen LogP contribution in [0.4, 0.5) is 0 Å². The molecular weight excluding hydrogens is 254 g/mol. The van der Waals surface area contributed by atoms with Gasteiger partial charge < -0.3 is 10.4 Å². The van der Waals surface area contributed by atoms with Crippen molar-refractivity contribution in [2.75, 3.05) is 0 Å². The van der Waals surface area contributed by atoms with Crippen LogP contribution in [0.3, 0.4) is 0 Å². The van der Waals surface area contributed by atoms with Crippen LogP contribution < -0.4 is 5.32 Å². The molecule has 0 spiro atoms. The number of hydrogen-bond donors (Lipinski definition) is 2. The van der Waals surface area contributed by atoms with Crippen LogP contribution in [0.1, 0.15) is 57.8 Å². The summed E-state index contributed by atoms with van der Waals surface area (Å²) in [6, 6.07) is -0.665. The third-order valence-corrected chi connectivity index (χ3v) is 5.76. The van der Waals surface area contributed by atoms with Crippen molar-refractivity contribution in [2.45, 2.75) is 63.8 Å². The standard InChI is InChI=1S/C16H25NO3/c18-15(13-9-10-6-7-12(13)8-10)17-14(16(19)20)11-4-2-1-3-5-11/h10-14H,1-9H2,(H,17,18)(H,19,20). The predicted molar refractivity (Wildman–Crippen MR) is 75.1 cm³/mol. The minimum atomic E-state index is -0.853. The maximum absolute atomic E-state index is 12.4. The van der Waals surface area contributed by atoms with E-state index in [1.807, 2.05) is 0 Å². The number of carboxylic acids is 1. The highest BCUT2D eigenvalue weighted by molar-refractivity contribution is 5.85. The molecule has 3 fully saturated rings.